The maximum atomic E-state index is 11.9. The molecule has 0 aliphatic carbocycles. The van der Waals surface area contributed by atoms with E-state index in [1.54, 1.807) is 24.3 Å². The van der Waals surface area contributed by atoms with Crippen molar-refractivity contribution >= 4 is 21.9 Å². The molecule has 1 heterocycles. The summed E-state index contributed by atoms with van der Waals surface area (Å²) in [5.41, 5.74) is 0.442. The Morgan fingerprint density at radius 3 is 2.78 bits per heavy atom. The zero-order valence-corrected chi connectivity index (χ0v) is 11.2. The molecule has 0 aromatic heterocycles. The minimum atomic E-state index is -0.733. The van der Waals surface area contributed by atoms with Gasteiger partial charge in [0.25, 0.3) is 0 Å². The number of nitriles is 1. The lowest BCUT2D eigenvalue weighted by atomic mass is 10.0. The van der Waals surface area contributed by atoms with Crippen LogP contribution in [0.1, 0.15) is 16.8 Å². The fourth-order valence-corrected chi connectivity index (χ4v) is 2.05. The van der Waals surface area contributed by atoms with Gasteiger partial charge in [-0.1, -0.05) is 15.9 Å². The van der Waals surface area contributed by atoms with Gasteiger partial charge in [0.05, 0.1) is 12.2 Å². The molecular weight excluding hydrogens is 298 g/mol. The molecule has 0 N–H and O–H groups in total. The van der Waals surface area contributed by atoms with Gasteiger partial charge in [-0.3, -0.25) is 0 Å². The Morgan fingerprint density at radius 1 is 1.50 bits per heavy atom. The maximum Gasteiger partial charge on any atom is 0.339 e. The zero-order chi connectivity index (χ0) is 13.0. The van der Waals surface area contributed by atoms with Gasteiger partial charge in [0.2, 0.25) is 0 Å². The lowest BCUT2D eigenvalue weighted by Crippen LogP contribution is -2.25. The van der Waals surface area contributed by atoms with Gasteiger partial charge in [-0.15, -0.1) is 0 Å². The van der Waals surface area contributed by atoms with Gasteiger partial charge < -0.3 is 9.47 Å². The Hall–Kier alpha value is -1.38. The van der Waals surface area contributed by atoms with Crippen LogP contribution in [0.25, 0.3) is 0 Å². The van der Waals surface area contributed by atoms with E-state index in [2.05, 4.69) is 15.9 Å². The van der Waals surface area contributed by atoms with Gasteiger partial charge in [0, 0.05) is 17.0 Å². The van der Waals surface area contributed by atoms with Gasteiger partial charge in [-0.25, -0.2) is 4.79 Å². The van der Waals surface area contributed by atoms with Crippen molar-refractivity contribution in [3.05, 3.63) is 34.3 Å². The van der Waals surface area contributed by atoms with Crippen molar-refractivity contribution in [1.29, 1.82) is 5.26 Å². The van der Waals surface area contributed by atoms with Gasteiger partial charge in [-0.2, -0.15) is 5.26 Å². The van der Waals surface area contributed by atoms with E-state index < -0.39 is 12.1 Å². The molecule has 0 bridgehead atoms. The molecule has 1 saturated heterocycles. The fourth-order valence-electron chi connectivity index (χ4n) is 1.79. The molecule has 0 spiro atoms. The molecule has 2 rings (SSSR count). The number of carbonyl (C=O) groups excluding carboxylic acids is 1. The topological polar surface area (TPSA) is 59.3 Å². The third-order valence-electron chi connectivity index (χ3n) is 2.83. The molecule has 4 nitrogen and oxygen atoms in total. The molecule has 1 aliphatic heterocycles. The highest BCUT2D eigenvalue weighted by molar-refractivity contribution is 9.10. The van der Waals surface area contributed by atoms with E-state index in [0.29, 0.717) is 18.8 Å². The first-order valence-corrected chi connectivity index (χ1v) is 6.44. The number of hydrogen-bond acceptors (Lipinski definition) is 4. The number of rotatable bonds is 3. The monoisotopic (exact) mass is 309 g/mol. The summed E-state index contributed by atoms with van der Waals surface area (Å²) in [5.74, 6) is -0.490. The van der Waals surface area contributed by atoms with E-state index in [0.717, 1.165) is 10.9 Å². The molecule has 0 radical (unpaired) electrons. The molecule has 94 valence electrons. The summed E-state index contributed by atoms with van der Waals surface area (Å²) in [5, 5.41) is 9.04. The Morgan fingerprint density at radius 2 is 2.22 bits per heavy atom. The first-order valence-electron chi connectivity index (χ1n) is 5.64. The van der Waals surface area contributed by atoms with Gasteiger partial charge in [0.15, 0.2) is 6.10 Å². The van der Waals surface area contributed by atoms with Crippen molar-refractivity contribution < 1.29 is 14.3 Å². The Balaban J connectivity index is 2.01. The largest absolute Gasteiger partial charge is 0.443 e. The predicted octanol–water partition coefficient (Wildman–Crippen LogP) is 2.53. The highest BCUT2D eigenvalue weighted by Gasteiger charge is 2.29. The van der Waals surface area contributed by atoms with E-state index in [-0.39, 0.29) is 5.92 Å². The summed E-state index contributed by atoms with van der Waals surface area (Å²) >= 11 is 3.29. The van der Waals surface area contributed by atoms with Crippen LogP contribution in [0, 0.1) is 17.2 Å². The second kappa shape index (κ2) is 5.98. The standard InChI is InChI=1S/C13H12BrNO3/c14-11-3-1-9(2-4-11)13(16)18-12(7-15)10-5-6-17-8-10/h1-4,10,12H,5-6,8H2/t10-,12-/m1/s1. The van der Waals surface area contributed by atoms with Crippen molar-refractivity contribution in [2.75, 3.05) is 13.2 Å². The van der Waals surface area contributed by atoms with Crippen LogP contribution in [0.3, 0.4) is 0 Å². The molecule has 1 aromatic rings. The SMILES string of the molecule is N#C[C@@H](OC(=O)c1ccc(Br)cc1)[C@@H]1CCOC1. The second-order valence-electron chi connectivity index (χ2n) is 4.09. The smallest absolute Gasteiger partial charge is 0.339 e. The summed E-state index contributed by atoms with van der Waals surface area (Å²) in [6.45, 7) is 1.10. The van der Waals surface area contributed by atoms with Crippen LogP contribution in [0.5, 0.6) is 0 Å². The van der Waals surface area contributed by atoms with Gasteiger partial charge in [-0.05, 0) is 30.7 Å². The molecule has 0 amide bonds. The first kappa shape index (κ1) is 13.1. The molecule has 1 aromatic carbocycles. The van der Waals surface area contributed by atoms with Crippen LogP contribution >= 0.6 is 15.9 Å². The normalized spacial score (nSPS) is 20.1. The number of carbonyl (C=O) groups is 1. The first-order chi connectivity index (χ1) is 8.70. The summed E-state index contributed by atoms with van der Waals surface area (Å²) in [7, 11) is 0. The van der Waals surface area contributed by atoms with Crippen molar-refractivity contribution in [2.45, 2.75) is 12.5 Å². The molecule has 2 atom stereocenters. The van der Waals surface area contributed by atoms with E-state index in [1.807, 2.05) is 6.07 Å². The van der Waals surface area contributed by atoms with E-state index in [9.17, 15) is 4.79 Å². The minimum Gasteiger partial charge on any atom is -0.443 e. The maximum absolute atomic E-state index is 11.9. The van der Waals surface area contributed by atoms with Crippen molar-refractivity contribution in [1.82, 2.24) is 0 Å². The molecule has 0 unspecified atom stereocenters. The van der Waals surface area contributed by atoms with Crippen LogP contribution in [-0.2, 0) is 9.47 Å². The lowest BCUT2D eigenvalue weighted by molar-refractivity contribution is 0.0277. The third kappa shape index (κ3) is 3.09. The van der Waals surface area contributed by atoms with Crippen molar-refractivity contribution in [2.24, 2.45) is 5.92 Å². The summed E-state index contributed by atoms with van der Waals surface area (Å²) in [4.78, 5) is 11.9. The Kier molecular flexibility index (Phi) is 4.34. The fraction of sp³-hybridized carbons (Fsp3) is 0.385. The highest BCUT2D eigenvalue weighted by atomic mass is 79.9. The van der Waals surface area contributed by atoms with Crippen molar-refractivity contribution in [3.63, 3.8) is 0 Å². The van der Waals surface area contributed by atoms with Crippen LogP contribution in [0.2, 0.25) is 0 Å². The van der Waals surface area contributed by atoms with Crippen LogP contribution in [0.15, 0.2) is 28.7 Å². The Bertz CT molecular complexity index is 460. The number of nitrogens with zero attached hydrogens (tertiary/aromatic N) is 1. The molecule has 1 fully saturated rings. The summed E-state index contributed by atoms with van der Waals surface area (Å²) in [6, 6.07) is 8.86. The number of halogens is 1. The number of benzene rings is 1. The molecule has 5 heteroatoms. The van der Waals surface area contributed by atoms with Gasteiger partial charge >= 0.3 is 5.97 Å². The molecule has 18 heavy (non-hydrogen) atoms. The highest BCUT2D eigenvalue weighted by Crippen LogP contribution is 2.20. The number of esters is 1. The van der Waals surface area contributed by atoms with E-state index in [1.165, 1.54) is 0 Å². The molecule has 1 aliphatic rings. The van der Waals surface area contributed by atoms with E-state index >= 15 is 0 Å². The van der Waals surface area contributed by atoms with E-state index in [4.69, 9.17) is 14.7 Å². The van der Waals surface area contributed by atoms with Crippen molar-refractivity contribution in [3.8, 4) is 6.07 Å². The second-order valence-corrected chi connectivity index (χ2v) is 5.00. The number of ether oxygens (including phenoxy) is 2. The Labute approximate surface area is 114 Å². The third-order valence-corrected chi connectivity index (χ3v) is 3.36. The minimum absolute atomic E-state index is 0.0191. The lowest BCUT2D eigenvalue weighted by Gasteiger charge is -2.15. The average molecular weight is 310 g/mol. The quantitative estimate of drug-likeness (QED) is 0.805. The molecular formula is C13H12BrNO3. The average Bonchev–Trinajstić information content (AvgIpc) is 2.90. The van der Waals surface area contributed by atoms with Crippen LogP contribution < -0.4 is 0 Å². The summed E-state index contributed by atoms with van der Waals surface area (Å²) < 4.78 is 11.3. The summed E-state index contributed by atoms with van der Waals surface area (Å²) in [6.07, 6.45) is 0.0231. The predicted molar refractivity (Wildman–Crippen MR) is 67.9 cm³/mol. The van der Waals surface area contributed by atoms with Crippen LogP contribution in [-0.4, -0.2) is 25.3 Å². The number of hydrogen-bond donors (Lipinski definition) is 0. The van der Waals surface area contributed by atoms with Crippen LogP contribution in [0.4, 0.5) is 0 Å². The molecule has 0 saturated carbocycles. The van der Waals surface area contributed by atoms with Gasteiger partial charge in [0.1, 0.15) is 6.07 Å². The zero-order valence-electron chi connectivity index (χ0n) is 9.64.